The van der Waals surface area contributed by atoms with Crippen molar-refractivity contribution >= 4 is 0 Å². The Hall–Kier alpha value is -1.33. The first-order valence-corrected chi connectivity index (χ1v) is 6.78. The van der Waals surface area contributed by atoms with Crippen molar-refractivity contribution in [2.45, 2.75) is 26.7 Å². The summed E-state index contributed by atoms with van der Waals surface area (Å²) < 4.78 is 0. The van der Waals surface area contributed by atoms with Crippen LogP contribution in [-0.2, 0) is 6.42 Å². The molecule has 1 aromatic rings. The Balaban J connectivity index is 1.87. The van der Waals surface area contributed by atoms with Gasteiger partial charge in [0, 0.05) is 13.1 Å². The SMILES string of the molecule is CC1(C)CCN(CCc2ccccc2)CC1C#N. The number of nitriles is 1. The summed E-state index contributed by atoms with van der Waals surface area (Å²) in [6.45, 7) is 7.55. The lowest BCUT2D eigenvalue weighted by atomic mass is 9.74. The second kappa shape index (κ2) is 5.54. The van der Waals surface area contributed by atoms with Crippen molar-refractivity contribution < 1.29 is 0 Å². The molecule has 1 fully saturated rings. The van der Waals surface area contributed by atoms with Crippen LogP contribution in [0.1, 0.15) is 25.8 Å². The average molecular weight is 242 g/mol. The van der Waals surface area contributed by atoms with Gasteiger partial charge < -0.3 is 4.90 Å². The van der Waals surface area contributed by atoms with Crippen LogP contribution in [0.25, 0.3) is 0 Å². The van der Waals surface area contributed by atoms with Gasteiger partial charge in [-0.25, -0.2) is 0 Å². The molecule has 0 N–H and O–H groups in total. The Labute approximate surface area is 110 Å². The highest BCUT2D eigenvalue weighted by molar-refractivity contribution is 5.15. The lowest BCUT2D eigenvalue weighted by molar-refractivity contribution is 0.0921. The summed E-state index contributed by atoms with van der Waals surface area (Å²) >= 11 is 0. The van der Waals surface area contributed by atoms with E-state index in [2.05, 4.69) is 55.1 Å². The molecular weight excluding hydrogens is 220 g/mol. The van der Waals surface area contributed by atoms with Crippen LogP contribution in [0, 0.1) is 22.7 Å². The summed E-state index contributed by atoms with van der Waals surface area (Å²) in [5.41, 5.74) is 1.56. The molecule has 1 aliphatic rings. The second-order valence-electron chi connectivity index (χ2n) is 5.96. The third-order valence-corrected chi connectivity index (χ3v) is 4.17. The quantitative estimate of drug-likeness (QED) is 0.814. The van der Waals surface area contributed by atoms with Gasteiger partial charge in [-0.3, -0.25) is 0 Å². The van der Waals surface area contributed by atoms with Gasteiger partial charge in [0.25, 0.3) is 0 Å². The van der Waals surface area contributed by atoms with Gasteiger partial charge >= 0.3 is 0 Å². The lowest BCUT2D eigenvalue weighted by Crippen LogP contribution is -2.44. The molecule has 0 bridgehead atoms. The number of hydrogen-bond donors (Lipinski definition) is 0. The van der Waals surface area contributed by atoms with Gasteiger partial charge in [-0.15, -0.1) is 0 Å². The van der Waals surface area contributed by atoms with Gasteiger partial charge in [0.1, 0.15) is 0 Å². The smallest absolute Gasteiger partial charge is 0.0674 e. The third kappa shape index (κ3) is 3.11. The summed E-state index contributed by atoms with van der Waals surface area (Å²) in [4.78, 5) is 2.44. The molecule has 0 amide bonds. The predicted octanol–water partition coefficient (Wildman–Crippen LogP) is 3.10. The Bertz CT molecular complexity index is 416. The molecule has 2 heteroatoms. The Morgan fingerprint density at radius 2 is 2.06 bits per heavy atom. The van der Waals surface area contributed by atoms with Crippen molar-refractivity contribution in [3.8, 4) is 6.07 Å². The van der Waals surface area contributed by atoms with E-state index in [0.29, 0.717) is 0 Å². The van der Waals surface area contributed by atoms with Crippen LogP contribution in [0.15, 0.2) is 30.3 Å². The van der Waals surface area contributed by atoms with Crippen molar-refractivity contribution in [2.24, 2.45) is 11.3 Å². The molecule has 96 valence electrons. The van der Waals surface area contributed by atoms with Gasteiger partial charge in [0.15, 0.2) is 0 Å². The van der Waals surface area contributed by atoms with E-state index in [0.717, 1.165) is 32.5 Å². The zero-order chi connectivity index (χ0) is 13.0. The zero-order valence-electron chi connectivity index (χ0n) is 11.4. The first-order valence-electron chi connectivity index (χ1n) is 6.78. The first-order chi connectivity index (χ1) is 8.62. The van der Waals surface area contributed by atoms with Crippen LogP contribution in [0.4, 0.5) is 0 Å². The van der Waals surface area contributed by atoms with Crippen LogP contribution in [-0.4, -0.2) is 24.5 Å². The Kier molecular flexibility index (Phi) is 4.04. The molecule has 1 heterocycles. The Morgan fingerprint density at radius 3 is 2.72 bits per heavy atom. The van der Waals surface area contributed by atoms with Gasteiger partial charge in [0.05, 0.1) is 12.0 Å². The van der Waals surface area contributed by atoms with Crippen molar-refractivity contribution in [1.29, 1.82) is 5.26 Å². The molecule has 18 heavy (non-hydrogen) atoms. The monoisotopic (exact) mass is 242 g/mol. The number of rotatable bonds is 3. The fraction of sp³-hybridized carbons (Fsp3) is 0.562. The molecule has 0 aliphatic carbocycles. The fourth-order valence-electron chi connectivity index (χ4n) is 2.57. The molecule has 2 nitrogen and oxygen atoms in total. The van der Waals surface area contributed by atoms with E-state index >= 15 is 0 Å². The maximum atomic E-state index is 9.25. The molecule has 2 rings (SSSR count). The van der Waals surface area contributed by atoms with E-state index < -0.39 is 0 Å². The van der Waals surface area contributed by atoms with E-state index in [9.17, 15) is 5.26 Å². The molecule has 1 aromatic carbocycles. The fourth-order valence-corrected chi connectivity index (χ4v) is 2.57. The van der Waals surface area contributed by atoms with Gasteiger partial charge in [0.2, 0.25) is 0 Å². The van der Waals surface area contributed by atoms with Crippen LogP contribution >= 0.6 is 0 Å². The summed E-state index contributed by atoms with van der Waals surface area (Å²) in [5.74, 6) is 0.169. The molecule has 0 aromatic heterocycles. The maximum Gasteiger partial charge on any atom is 0.0674 e. The van der Waals surface area contributed by atoms with E-state index in [4.69, 9.17) is 0 Å². The molecule has 1 saturated heterocycles. The highest BCUT2D eigenvalue weighted by Crippen LogP contribution is 2.34. The van der Waals surface area contributed by atoms with Gasteiger partial charge in [-0.1, -0.05) is 44.2 Å². The van der Waals surface area contributed by atoms with Crippen molar-refractivity contribution in [2.75, 3.05) is 19.6 Å². The highest BCUT2D eigenvalue weighted by atomic mass is 15.1. The number of piperidine rings is 1. The Morgan fingerprint density at radius 1 is 1.33 bits per heavy atom. The first kappa shape index (κ1) is 13.1. The van der Waals surface area contributed by atoms with Gasteiger partial charge in [-0.2, -0.15) is 5.26 Å². The molecule has 1 aliphatic heterocycles. The van der Waals surface area contributed by atoms with Crippen LogP contribution < -0.4 is 0 Å². The van der Waals surface area contributed by atoms with Gasteiger partial charge in [-0.05, 0) is 30.4 Å². The average Bonchev–Trinajstić information content (AvgIpc) is 2.38. The van der Waals surface area contributed by atoms with Crippen molar-refractivity contribution in [3.63, 3.8) is 0 Å². The van der Waals surface area contributed by atoms with Crippen LogP contribution in [0.2, 0.25) is 0 Å². The van der Waals surface area contributed by atoms with Crippen molar-refractivity contribution in [1.82, 2.24) is 4.90 Å². The van der Waals surface area contributed by atoms with Crippen LogP contribution in [0.3, 0.4) is 0 Å². The molecule has 0 radical (unpaired) electrons. The second-order valence-corrected chi connectivity index (χ2v) is 5.96. The minimum Gasteiger partial charge on any atom is -0.302 e. The number of hydrogen-bond acceptors (Lipinski definition) is 2. The van der Waals surface area contributed by atoms with Crippen LogP contribution in [0.5, 0.6) is 0 Å². The maximum absolute atomic E-state index is 9.25. The largest absolute Gasteiger partial charge is 0.302 e. The summed E-state index contributed by atoms with van der Waals surface area (Å²) in [6.07, 6.45) is 2.21. The molecular formula is C16H22N2. The summed E-state index contributed by atoms with van der Waals surface area (Å²) in [6, 6.07) is 13.1. The third-order valence-electron chi connectivity index (χ3n) is 4.17. The summed E-state index contributed by atoms with van der Waals surface area (Å²) in [7, 11) is 0. The molecule has 0 spiro atoms. The minimum atomic E-state index is 0.169. The lowest BCUT2D eigenvalue weighted by Gasteiger charge is -2.40. The molecule has 1 atom stereocenters. The van der Waals surface area contributed by atoms with Crippen molar-refractivity contribution in [3.05, 3.63) is 35.9 Å². The predicted molar refractivity (Wildman–Crippen MR) is 74.1 cm³/mol. The zero-order valence-corrected chi connectivity index (χ0v) is 11.4. The normalized spacial score (nSPS) is 23.5. The topological polar surface area (TPSA) is 27.0 Å². The van der Waals surface area contributed by atoms with E-state index in [1.165, 1.54) is 5.56 Å². The highest BCUT2D eigenvalue weighted by Gasteiger charge is 2.35. The van der Waals surface area contributed by atoms with E-state index in [-0.39, 0.29) is 11.3 Å². The summed E-state index contributed by atoms with van der Waals surface area (Å²) in [5, 5.41) is 9.25. The number of benzene rings is 1. The standard InChI is InChI=1S/C16H22N2/c1-16(2)9-11-18(13-15(16)12-17)10-8-14-6-4-3-5-7-14/h3-7,15H,8-11,13H2,1-2H3. The van der Waals surface area contributed by atoms with E-state index in [1.807, 2.05) is 0 Å². The molecule has 0 saturated carbocycles. The van der Waals surface area contributed by atoms with E-state index in [1.54, 1.807) is 0 Å². The molecule has 1 unspecified atom stereocenters. The minimum absolute atomic E-state index is 0.169. The number of likely N-dealkylation sites (tertiary alicyclic amines) is 1. The number of nitrogens with zero attached hydrogens (tertiary/aromatic N) is 2.